The first kappa shape index (κ1) is 47.6. The number of hydrogen-bond donors (Lipinski definition) is 14. The normalized spacial score (nSPS) is 36.2. The minimum Gasteiger partial charge on any atom is -0.508 e. The van der Waals surface area contributed by atoms with Crippen LogP contribution in [0.5, 0.6) is 17.2 Å². The fourth-order valence-electron chi connectivity index (χ4n) is 7.35. The van der Waals surface area contributed by atoms with E-state index in [9.17, 15) is 76.3 Å². The van der Waals surface area contributed by atoms with Crippen molar-refractivity contribution in [1.82, 2.24) is 0 Å². The van der Waals surface area contributed by atoms with Crippen molar-refractivity contribution in [1.29, 1.82) is 0 Å². The Morgan fingerprint density at radius 3 is 1.91 bits per heavy atom. The Hall–Kier alpha value is -5.35. The number of allylic oxidation sites excluding steroid dienone is 2. The lowest BCUT2D eigenvalue weighted by Gasteiger charge is -2.46. The fraction of sp³-hybridized carbons (Fsp3) is 0.452. The minimum atomic E-state index is -2.07. The van der Waals surface area contributed by atoms with Gasteiger partial charge in [-0.2, -0.15) is 0 Å². The van der Waals surface area contributed by atoms with Crippen LogP contribution in [-0.2, 0) is 42.7 Å². The van der Waals surface area contributed by atoms with E-state index in [1.165, 1.54) is 48.6 Å². The average molecular weight is 921 g/mol. The summed E-state index contributed by atoms with van der Waals surface area (Å²) >= 11 is 0. The lowest BCUT2D eigenvalue weighted by atomic mass is 9.95. The molecule has 3 fully saturated rings. The third-order valence-corrected chi connectivity index (χ3v) is 11.0. The summed E-state index contributed by atoms with van der Waals surface area (Å²) in [5.41, 5.74) is 0.524. The van der Waals surface area contributed by atoms with Crippen molar-refractivity contribution < 1.29 is 114 Å². The molecule has 2 aromatic carbocycles. The molecule has 2 aromatic rings. The summed E-state index contributed by atoms with van der Waals surface area (Å²) in [5, 5.41) is 147. The van der Waals surface area contributed by atoms with Crippen molar-refractivity contribution in [2.75, 3.05) is 19.8 Å². The average Bonchev–Trinajstić information content (AvgIpc) is 3.29. The van der Waals surface area contributed by atoms with Crippen LogP contribution in [0, 0.1) is 0 Å². The Balaban J connectivity index is 1.24. The van der Waals surface area contributed by atoms with Gasteiger partial charge in [0.25, 0.3) is 0 Å². The summed E-state index contributed by atoms with van der Waals surface area (Å²) in [4.78, 5) is 12.8. The number of ether oxygens (including phenoxy) is 8. The monoisotopic (exact) mass is 920 g/mol. The highest BCUT2D eigenvalue weighted by Crippen LogP contribution is 2.42. The molecule has 16 atom stereocenters. The minimum absolute atomic E-state index is 0.00444. The van der Waals surface area contributed by atoms with Crippen molar-refractivity contribution in [3.8, 4) is 17.2 Å². The van der Waals surface area contributed by atoms with E-state index in [-0.39, 0.29) is 34.2 Å². The molecule has 4 heterocycles. The molecule has 0 radical (unpaired) electrons. The molecule has 5 aliphatic rings. The molecule has 4 aliphatic heterocycles. The summed E-state index contributed by atoms with van der Waals surface area (Å²) in [5.74, 6) is -3.46. The van der Waals surface area contributed by atoms with Crippen molar-refractivity contribution in [3.63, 3.8) is 0 Å². The van der Waals surface area contributed by atoms with E-state index in [4.69, 9.17) is 37.9 Å². The van der Waals surface area contributed by atoms with E-state index in [1.54, 1.807) is 0 Å². The molecule has 1 aliphatic carbocycles. The molecule has 354 valence electrons. The number of benzene rings is 2. The van der Waals surface area contributed by atoms with Gasteiger partial charge in [-0.25, -0.2) is 4.79 Å². The van der Waals surface area contributed by atoms with Gasteiger partial charge in [0.05, 0.1) is 13.2 Å². The number of aliphatic hydroxyl groups is 11. The molecule has 3 saturated heterocycles. The molecule has 23 heteroatoms. The van der Waals surface area contributed by atoms with Gasteiger partial charge in [0.15, 0.2) is 35.4 Å². The molecule has 7 rings (SSSR count). The van der Waals surface area contributed by atoms with Crippen LogP contribution in [0.25, 0.3) is 11.8 Å². The Kier molecular flexibility index (Phi) is 14.7. The zero-order valence-corrected chi connectivity index (χ0v) is 33.7. The van der Waals surface area contributed by atoms with Crippen molar-refractivity contribution in [3.05, 3.63) is 101 Å². The smallest absolute Gasteiger partial charge is 0.330 e. The maximum Gasteiger partial charge on any atom is 0.330 e. The number of hydrogen-bond acceptors (Lipinski definition) is 23. The highest BCUT2D eigenvalue weighted by Gasteiger charge is 2.52. The SMILES string of the molecule is O=C(/C=C/c1ccc(O)cc1)OC[C@H]1O[C@H](OC2=C(c3ccc(O)c(O)c3)OC3C=C(O)C=C(O[C@@H]4O[C@H](CO)[C@@H](O)[C@H](O)[C@H]4O)C3=C2)[C@H](O[C@@H]2O[C@H](CO)[C@@H](O)[C@H](O)[C@H]2O)[C@@H](O)[C@@H]1O. The van der Waals surface area contributed by atoms with Crippen LogP contribution >= 0.6 is 0 Å². The van der Waals surface area contributed by atoms with Crippen LogP contribution in [0.15, 0.2) is 89.6 Å². The fourth-order valence-corrected chi connectivity index (χ4v) is 7.35. The van der Waals surface area contributed by atoms with Gasteiger partial charge in [-0.1, -0.05) is 12.1 Å². The molecule has 23 nitrogen and oxygen atoms in total. The second-order valence-electron chi connectivity index (χ2n) is 15.4. The number of phenolic OH excluding ortho intramolecular Hbond substituents is 3. The summed E-state index contributed by atoms with van der Waals surface area (Å²) in [6, 6.07) is 9.26. The predicted octanol–water partition coefficient (Wildman–Crippen LogP) is -3.14. The number of aromatic hydroxyl groups is 3. The van der Waals surface area contributed by atoms with Crippen LogP contribution in [0.3, 0.4) is 0 Å². The number of aliphatic hydroxyl groups excluding tert-OH is 11. The highest BCUT2D eigenvalue weighted by molar-refractivity contribution is 5.87. The van der Waals surface area contributed by atoms with Crippen LogP contribution in [-0.4, -0.2) is 196 Å². The van der Waals surface area contributed by atoms with Crippen molar-refractivity contribution in [2.45, 2.75) is 98.2 Å². The van der Waals surface area contributed by atoms with Crippen molar-refractivity contribution in [2.24, 2.45) is 0 Å². The number of rotatable bonds is 13. The van der Waals surface area contributed by atoms with Crippen LogP contribution < -0.4 is 0 Å². The van der Waals surface area contributed by atoms with Gasteiger partial charge in [-0.15, -0.1) is 0 Å². The van der Waals surface area contributed by atoms with Gasteiger partial charge in [0.2, 0.25) is 12.6 Å². The van der Waals surface area contributed by atoms with Gasteiger partial charge in [0.1, 0.15) is 97.1 Å². The van der Waals surface area contributed by atoms with E-state index in [0.29, 0.717) is 5.56 Å². The maximum atomic E-state index is 12.8. The van der Waals surface area contributed by atoms with E-state index < -0.39 is 141 Å². The molecule has 0 saturated carbocycles. The zero-order chi connectivity index (χ0) is 46.9. The lowest BCUT2D eigenvalue weighted by Crippen LogP contribution is -2.64. The standard InChI is InChI=1S/C42H48O23/c43-13-26-30(50)33(53)36(56)40(62-26)60-24-11-19(46)10-23-20(24)12-25(38(59-23)17-4-7-21(47)22(48)9-17)61-42-39(65-41-37(57)34(54)31(51)27(14-44)63-41)35(55)32(52)28(64-42)15-58-29(49)8-3-16-1-5-18(45)6-2-16/h1-12,23,26-28,30-37,39-48,50-57H,13-15H2/b8-3+/t23?,26-,27-,28-,30-,31-,32-,33+,34+,35+,36-,37-,39-,40-,41+,42+/m1/s1. The lowest BCUT2D eigenvalue weighted by molar-refractivity contribution is -0.363. The quantitative estimate of drug-likeness (QED) is 0.0536. The Labute approximate surface area is 367 Å². The van der Waals surface area contributed by atoms with E-state index in [0.717, 1.165) is 24.3 Å². The topological polar surface area (TPSA) is 374 Å². The van der Waals surface area contributed by atoms with Gasteiger partial charge in [-0.3, -0.25) is 0 Å². The molecule has 14 N–H and O–H groups in total. The second kappa shape index (κ2) is 20.0. The van der Waals surface area contributed by atoms with Crippen LogP contribution in [0.1, 0.15) is 11.1 Å². The highest BCUT2D eigenvalue weighted by atomic mass is 16.8. The van der Waals surface area contributed by atoms with Gasteiger partial charge in [-0.05, 0) is 48.0 Å². The number of fused-ring (bicyclic) bond motifs is 1. The Morgan fingerprint density at radius 1 is 0.646 bits per heavy atom. The van der Waals surface area contributed by atoms with Crippen molar-refractivity contribution >= 4 is 17.8 Å². The number of carbonyl (C=O) groups excluding carboxylic acids is 1. The summed E-state index contributed by atoms with van der Waals surface area (Å²) in [6.45, 7) is -2.39. The largest absolute Gasteiger partial charge is 0.508 e. The van der Waals surface area contributed by atoms with E-state index >= 15 is 0 Å². The van der Waals surface area contributed by atoms with Gasteiger partial charge < -0.3 is 109 Å². The third-order valence-electron chi connectivity index (χ3n) is 11.0. The van der Waals surface area contributed by atoms with E-state index in [1.807, 2.05) is 0 Å². The van der Waals surface area contributed by atoms with Gasteiger partial charge >= 0.3 is 5.97 Å². The third kappa shape index (κ3) is 10.2. The first-order valence-electron chi connectivity index (χ1n) is 20.0. The molecule has 1 unspecified atom stereocenters. The molecule has 0 spiro atoms. The molecule has 65 heavy (non-hydrogen) atoms. The molecule has 0 aromatic heterocycles. The first-order chi connectivity index (χ1) is 31.0. The number of carbonyl (C=O) groups is 1. The van der Waals surface area contributed by atoms with E-state index in [2.05, 4.69) is 0 Å². The molecule has 0 bridgehead atoms. The number of esters is 1. The molecule has 0 amide bonds. The number of phenols is 3. The van der Waals surface area contributed by atoms with Gasteiger partial charge in [0, 0.05) is 29.4 Å². The summed E-state index contributed by atoms with van der Waals surface area (Å²) in [6.07, 6.45) is -22.7. The molecular weight excluding hydrogens is 872 g/mol. The first-order valence-corrected chi connectivity index (χ1v) is 20.0. The Bertz CT molecular complexity index is 2170. The maximum absolute atomic E-state index is 12.8. The van der Waals surface area contributed by atoms with Crippen LogP contribution in [0.4, 0.5) is 0 Å². The second-order valence-corrected chi connectivity index (χ2v) is 15.4. The summed E-state index contributed by atoms with van der Waals surface area (Å²) in [7, 11) is 0. The predicted molar refractivity (Wildman–Crippen MR) is 212 cm³/mol. The zero-order valence-electron chi connectivity index (χ0n) is 33.7. The molecular formula is C42H48O23. The van der Waals surface area contributed by atoms with Crippen LogP contribution in [0.2, 0.25) is 0 Å². The summed E-state index contributed by atoms with van der Waals surface area (Å²) < 4.78 is 46.7. The Morgan fingerprint density at radius 2 is 1.26 bits per heavy atom.